The van der Waals surface area contributed by atoms with Crippen molar-refractivity contribution in [3.63, 3.8) is 0 Å². The lowest BCUT2D eigenvalue weighted by molar-refractivity contribution is -0.137. The molecule has 2 atom stereocenters. The van der Waals surface area contributed by atoms with E-state index in [0.717, 1.165) is 19.0 Å². The highest BCUT2D eigenvalue weighted by molar-refractivity contribution is 14.0. The van der Waals surface area contributed by atoms with Gasteiger partial charge in [0.25, 0.3) is 0 Å². The Bertz CT molecular complexity index is 712. The maximum atomic E-state index is 12.9. The zero-order chi connectivity index (χ0) is 21.4. The maximum absolute atomic E-state index is 12.9. The van der Waals surface area contributed by atoms with Crippen molar-refractivity contribution in [3.8, 4) is 0 Å². The van der Waals surface area contributed by atoms with E-state index in [0.29, 0.717) is 44.0 Å². The van der Waals surface area contributed by atoms with E-state index >= 15 is 0 Å². The molecule has 2 unspecified atom stereocenters. The minimum Gasteiger partial charge on any atom is -0.357 e. The smallest absolute Gasteiger partial charge is 0.357 e. The Labute approximate surface area is 193 Å². The molecular weight excluding hydrogens is 508 g/mol. The number of halogens is 4. The lowest BCUT2D eigenvalue weighted by Gasteiger charge is -2.19. The van der Waals surface area contributed by atoms with Gasteiger partial charge in [-0.15, -0.1) is 24.0 Å². The van der Waals surface area contributed by atoms with Crippen LogP contribution in [0.4, 0.5) is 13.2 Å². The van der Waals surface area contributed by atoms with Crippen LogP contribution in [0.1, 0.15) is 57.1 Å². The topological polar surface area (TPSA) is 56.7 Å². The second kappa shape index (κ2) is 12.4. The third-order valence-corrected chi connectivity index (χ3v) is 5.14. The Morgan fingerprint density at radius 2 is 2.07 bits per heavy atom. The van der Waals surface area contributed by atoms with Crippen LogP contribution in [-0.4, -0.2) is 49.0 Å². The Hall–Kier alpha value is -1.52. The van der Waals surface area contributed by atoms with Crippen LogP contribution in [0, 0.1) is 0 Å². The quantitative estimate of drug-likeness (QED) is 0.307. The van der Waals surface area contributed by atoms with Crippen molar-refractivity contribution in [1.29, 1.82) is 0 Å². The fourth-order valence-corrected chi connectivity index (χ4v) is 3.40. The van der Waals surface area contributed by atoms with E-state index in [1.807, 2.05) is 25.7 Å². The molecule has 1 aliphatic heterocycles. The second-order valence-corrected chi connectivity index (χ2v) is 7.40. The third kappa shape index (κ3) is 7.96. The number of amides is 1. The molecule has 170 valence electrons. The molecule has 0 saturated carbocycles. The number of nitrogens with zero attached hydrogens (tertiary/aromatic N) is 2. The molecule has 0 radical (unpaired) electrons. The Balaban J connectivity index is 0.00000450. The highest BCUT2D eigenvalue weighted by Crippen LogP contribution is 2.31. The summed E-state index contributed by atoms with van der Waals surface area (Å²) in [5.74, 6) is 0.804. The molecule has 0 aromatic heterocycles. The van der Waals surface area contributed by atoms with Crippen molar-refractivity contribution in [2.24, 2.45) is 4.99 Å². The number of rotatable bonds is 7. The minimum absolute atomic E-state index is 0. The summed E-state index contributed by atoms with van der Waals surface area (Å²) in [6.07, 6.45) is -2.31. The summed E-state index contributed by atoms with van der Waals surface area (Å²) in [5.41, 5.74) is 0.0465. The van der Waals surface area contributed by atoms with Gasteiger partial charge in [-0.05, 0) is 37.3 Å². The predicted molar refractivity (Wildman–Crippen MR) is 124 cm³/mol. The Kier molecular flexibility index (Phi) is 10.9. The van der Waals surface area contributed by atoms with E-state index < -0.39 is 11.7 Å². The van der Waals surface area contributed by atoms with Gasteiger partial charge in [0.2, 0.25) is 5.91 Å². The first-order valence-electron chi connectivity index (χ1n) is 10.2. The van der Waals surface area contributed by atoms with E-state index in [9.17, 15) is 18.0 Å². The van der Waals surface area contributed by atoms with Crippen molar-refractivity contribution < 1.29 is 18.0 Å². The van der Waals surface area contributed by atoms with Gasteiger partial charge < -0.3 is 15.5 Å². The molecule has 2 rings (SSSR count). The number of carbonyl (C=O) groups is 1. The number of guanidine groups is 1. The van der Waals surface area contributed by atoms with Gasteiger partial charge in [0.1, 0.15) is 0 Å². The summed E-state index contributed by atoms with van der Waals surface area (Å²) in [6, 6.07) is 5.65. The summed E-state index contributed by atoms with van der Waals surface area (Å²) >= 11 is 0. The molecule has 0 spiro atoms. The molecule has 30 heavy (non-hydrogen) atoms. The van der Waals surface area contributed by atoms with E-state index in [-0.39, 0.29) is 41.8 Å². The Morgan fingerprint density at radius 1 is 1.33 bits per heavy atom. The van der Waals surface area contributed by atoms with Gasteiger partial charge in [0.15, 0.2) is 5.96 Å². The number of hydrogen-bond donors (Lipinski definition) is 2. The van der Waals surface area contributed by atoms with Crippen LogP contribution in [0.15, 0.2) is 29.3 Å². The van der Waals surface area contributed by atoms with Crippen molar-refractivity contribution in [1.82, 2.24) is 15.5 Å². The van der Waals surface area contributed by atoms with E-state index in [4.69, 9.17) is 0 Å². The molecule has 1 aromatic rings. The van der Waals surface area contributed by atoms with Crippen molar-refractivity contribution >= 4 is 35.8 Å². The van der Waals surface area contributed by atoms with Gasteiger partial charge in [-0.3, -0.25) is 9.79 Å². The fourth-order valence-electron chi connectivity index (χ4n) is 3.40. The van der Waals surface area contributed by atoms with Crippen LogP contribution in [-0.2, 0) is 11.0 Å². The molecule has 9 heteroatoms. The highest BCUT2D eigenvalue weighted by atomic mass is 127. The number of carbonyl (C=O) groups excluding carboxylic acids is 1. The molecule has 1 fully saturated rings. The summed E-state index contributed by atoms with van der Waals surface area (Å²) in [7, 11) is 0. The SMILES string of the molecule is CCNC(=NCCC(C)c1cccc(C(F)(F)F)c1)NC1CCN(C(=O)CC)C1.I. The zero-order valence-electron chi connectivity index (χ0n) is 17.8. The monoisotopic (exact) mass is 540 g/mol. The number of likely N-dealkylation sites (tertiary alicyclic amines) is 1. The molecule has 1 amide bonds. The summed E-state index contributed by atoms with van der Waals surface area (Å²) in [5, 5.41) is 6.56. The van der Waals surface area contributed by atoms with Gasteiger partial charge in [-0.25, -0.2) is 0 Å². The number of alkyl halides is 3. The van der Waals surface area contributed by atoms with Crippen LogP contribution in [0.3, 0.4) is 0 Å². The van der Waals surface area contributed by atoms with Gasteiger partial charge in [-0.1, -0.05) is 32.0 Å². The zero-order valence-corrected chi connectivity index (χ0v) is 20.1. The summed E-state index contributed by atoms with van der Waals surface area (Å²) in [4.78, 5) is 18.3. The molecule has 0 aliphatic carbocycles. The van der Waals surface area contributed by atoms with E-state index in [1.54, 1.807) is 6.07 Å². The average Bonchev–Trinajstić information content (AvgIpc) is 3.15. The van der Waals surface area contributed by atoms with Gasteiger partial charge in [0, 0.05) is 38.6 Å². The molecule has 1 aliphatic rings. The third-order valence-electron chi connectivity index (χ3n) is 5.14. The first-order valence-corrected chi connectivity index (χ1v) is 10.2. The van der Waals surface area contributed by atoms with Crippen molar-refractivity contribution in [3.05, 3.63) is 35.4 Å². The number of benzene rings is 1. The minimum atomic E-state index is -4.33. The molecule has 1 aromatic carbocycles. The maximum Gasteiger partial charge on any atom is 0.416 e. The van der Waals surface area contributed by atoms with Crippen LogP contribution < -0.4 is 10.6 Å². The Morgan fingerprint density at radius 3 is 2.70 bits per heavy atom. The van der Waals surface area contributed by atoms with E-state index in [2.05, 4.69) is 15.6 Å². The molecule has 2 N–H and O–H groups in total. The summed E-state index contributed by atoms with van der Waals surface area (Å²) < 4.78 is 38.7. The molecule has 1 heterocycles. The van der Waals surface area contributed by atoms with Crippen LogP contribution in [0.25, 0.3) is 0 Å². The van der Waals surface area contributed by atoms with E-state index in [1.165, 1.54) is 12.1 Å². The van der Waals surface area contributed by atoms with Gasteiger partial charge >= 0.3 is 6.18 Å². The first kappa shape index (κ1) is 26.5. The number of hydrogen-bond acceptors (Lipinski definition) is 2. The lowest BCUT2D eigenvalue weighted by atomic mass is 9.96. The van der Waals surface area contributed by atoms with Crippen molar-refractivity contribution in [2.45, 2.75) is 58.2 Å². The predicted octanol–water partition coefficient (Wildman–Crippen LogP) is 4.38. The first-order chi connectivity index (χ1) is 13.7. The average molecular weight is 540 g/mol. The molecular formula is C21H32F3IN4O. The van der Waals surface area contributed by atoms with Gasteiger partial charge in [-0.2, -0.15) is 13.2 Å². The lowest BCUT2D eigenvalue weighted by Crippen LogP contribution is -2.45. The molecule has 1 saturated heterocycles. The van der Waals surface area contributed by atoms with Gasteiger partial charge in [0.05, 0.1) is 5.56 Å². The van der Waals surface area contributed by atoms with Crippen LogP contribution in [0.2, 0.25) is 0 Å². The largest absolute Gasteiger partial charge is 0.416 e. The number of nitrogens with one attached hydrogen (secondary N) is 2. The fraction of sp³-hybridized carbons (Fsp3) is 0.619. The summed E-state index contributed by atoms with van der Waals surface area (Å²) in [6.45, 7) is 8.37. The molecule has 5 nitrogen and oxygen atoms in total. The van der Waals surface area contributed by atoms with Crippen molar-refractivity contribution in [2.75, 3.05) is 26.2 Å². The number of aliphatic imine (C=N–C) groups is 1. The standard InChI is InChI=1S/C21H31F3N4O.HI/c1-4-19(29)28-12-10-18(14-28)27-20(25-5-2)26-11-9-15(3)16-7-6-8-17(13-16)21(22,23)24;/h6-8,13,15,18H,4-5,9-12,14H2,1-3H3,(H2,25,26,27);1H. The second-order valence-electron chi connectivity index (χ2n) is 7.40. The normalized spacial score (nSPS) is 18.0. The van der Waals surface area contributed by atoms with Crippen LogP contribution in [0.5, 0.6) is 0 Å². The highest BCUT2D eigenvalue weighted by Gasteiger charge is 2.30. The van der Waals surface area contributed by atoms with Crippen LogP contribution >= 0.6 is 24.0 Å². The molecule has 0 bridgehead atoms.